The lowest BCUT2D eigenvalue weighted by Crippen LogP contribution is -2.48. The summed E-state index contributed by atoms with van der Waals surface area (Å²) in [5.41, 5.74) is 3.13. The second kappa shape index (κ2) is 6.79. The van der Waals surface area contributed by atoms with Crippen LogP contribution in [0.4, 0.5) is 5.69 Å². The minimum Gasteiger partial charge on any atom is -0.376 e. The van der Waals surface area contributed by atoms with Crippen molar-refractivity contribution in [2.24, 2.45) is 17.8 Å². The first kappa shape index (κ1) is 17.0. The smallest absolute Gasteiger partial charge is 0.170 e. The summed E-state index contributed by atoms with van der Waals surface area (Å²) in [7, 11) is 0. The van der Waals surface area contributed by atoms with Gasteiger partial charge >= 0.3 is 0 Å². The number of nitrogens with one attached hydrogen (secondary N) is 2. The Balaban J connectivity index is 1.21. The predicted molar refractivity (Wildman–Crippen MR) is 109 cm³/mol. The molecule has 1 aromatic rings. The molecule has 1 aromatic carbocycles. The highest BCUT2D eigenvalue weighted by atomic mass is 32.1. The Kier molecular flexibility index (Phi) is 4.44. The molecule has 4 bridgehead atoms. The van der Waals surface area contributed by atoms with Gasteiger partial charge in [0.15, 0.2) is 5.11 Å². The maximum absolute atomic E-state index is 5.64. The highest BCUT2D eigenvalue weighted by Gasteiger charge is 2.51. The molecule has 4 heteroatoms. The number of ether oxygens (including phenoxy) is 1. The van der Waals surface area contributed by atoms with Crippen molar-refractivity contribution in [1.29, 1.82) is 0 Å². The molecule has 5 fully saturated rings. The zero-order chi connectivity index (χ0) is 17.6. The normalized spacial score (nSPS) is 37.7. The first-order valence-corrected chi connectivity index (χ1v) is 10.9. The molecule has 1 saturated heterocycles. The van der Waals surface area contributed by atoms with Crippen molar-refractivity contribution in [3.05, 3.63) is 29.8 Å². The third-order valence-corrected chi connectivity index (χ3v) is 7.55. The van der Waals surface area contributed by atoms with Gasteiger partial charge in [-0.1, -0.05) is 12.1 Å². The van der Waals surface area contributed by atoms with Crippen molar-refractivity contribution < 1.29 is 4.74 Å². The van der Waals surface area contributed by atoms with Crippen LogP contribution in [0, 0.1) is 17.8 Å². The molecule has 0 spiro atoms. The van der Waals surface area contributed by atoms with Gasteiger partial charge in [0, 0.05) is 18.8 Å². The van der Waals surface area contributed by atoms with Crippen LogP contribution in [-0.2, 0) is 10.2 Å². The van der Waals surface area contributed by atoms with Crippen LogP contribution in [0.15, 0.2) is 24.3 Å². The summed E-state index contributed by atoms with van der Waals surface area (Å²) in [5.74, 6) is 2.98. The molecule has 0 unspecified atom stereocenters. The first-order valence-electron chi connectivity index (χ1n) is 10.5. The second-order valence-electron chi connectivity index (χ2n) is 9.25. The molecule has 3 nitrogen and oxygen atoms in total. The van der Waals surface area contributed by atoms with E-state index in [0.29, 0.717) is 16.6 Å². The average Bonchev–Trinajstić information content (AvgIpc) is 3.13. The van der Waals surface area contributed by atoms with E-state index in [1.165, 1.54) is 44.9 Å². The van der Waals surface area contributed by atoms with Gasteiger partial charge in [-0.05, 0) is 104 Å². The molecule has 26 heavy (non-hydrogen) atoms. The maximum Gasteiger partial charge on any atom is 0.170 e. The monoisotopic (exact) mass is 370 g/mol. The number of hydrogen-bond acceptors (Lipinski definition) is 2. The fourth-order valence-corrected chi connectivity index (χ4v) is 6.76. The van der Waals surface area contributed by atoms with E-state index >= 15 is 0 Å². The van der Waals surface area contributed by atoms with Gasteiger partial charge < -0.3 is 15.4 Å². The third kappa shape index (κ3) is 3.27. The van der Waals surface area contributed by atoms with Crippen molar-refractivity contribution in [3.63, 3.8) is 0 Å². The van der Waals surface area contributed by atoms with Gasteiger partial charge in [0.25, 0.3) is 0 Å². The standard InChI is InChI=1S/C22H30N2OS/c26-21(23-14-20-2-1-7-25-20)24-19-5-3-18(4-6-19)22-11-15-8-16(12-22)10-17(9-15)13-22/h3-6,15-17,20H,1-2,7-14H2,(H2,23,24,26)/t15?,16?,17?,20-,22?/m0/s1. The van der Waals surface area contributed by atoms with Crippen molar-refractivity contribution >= 4 is 23.0 Å². The van der Waals surface area contributed by atoms with Gasteiger partial charge in [-0.15, -0.1) is 0 Å². The number of hydrogen-bond donors (Lipinski definition) is 2. The number of thiocarbonyl (C=S) groups is 1. The van der Waals surface area contributed by atoms with Crippen LogP contribution in [0.3, 0.4) is 0 Å². The predicted octanol–water partition coefficient (Wildman–Crippen LogP) is 4.62. The summed E-state index contributed by atoms with van der Waals surface area (Å²) in [6.07, 6.45) is 11.4. The summed E-state index contributed by atoms with van der Waals surface area (Å²) < 4.78 is 5.64. The lowest BCUT2D eigenvalue weighted by Gasteiger charge is -2.57. The molecular formula is C22H30N2OS. The van der Waals surface area contributed by atoms with Gasteiger partial charge in [0.2, 0.25) is 0 Å². The van der Waals surface area contributed by atoms with E-state index in [1.54, 1.807) is 5.56 Å². The second-order valence-corrected chi connectivity index (χ2v) is 9.65. The van der Waals surface area contributed by atoms with Crippen LogP contribution in [0.2, 0.25) is 0 Å². The van der Waals surface area contributed by atoms with Gasteiger partial charge in [-0.3, -0.25) is 0 Å². The molecule has 6 rings (SSSR count). The van der Waals surface area contributed by atoms with E-state index in [1.807, 2.05) is 0 Å². The summed E-state index contributed by atoms with van der Waals surface area (Å²) in [6.45, 7) is 1.69. The summed E-state index contributed by atoms with van der Waals surface area (Å²) in [4.78, 5) is 0. The zero-order valence-electron chi connectivity index (χ0n) is 15.5. The van der Waals surface area contributed by atoms with Crippen LogP contribution in [0.25, 0.3) is 0 Å². The minimum absolute atomic E-state index is 0.313. The Morgan fingerprint density at radius 3 is 2.27 bits per heavy atom. The lowest BCUT2D eigenvalue weighted by molar-refractivity contribution is -0.00518. The van der Waals surface area contributed by atoms with Gasteiger partial charge in [0.05, 0.1) is 6.10 Å². The summed E-state index contributed by atoms with van der Waals surface area (Å²) in [6, 6.07) is 9.15. The van der Waals surface area contributed by atoms with E-state index < -0.39 is 0 Å². The molecule has 4 saturated carbocycles. The van der Waals surface area contributed by atoms with Gasteiger partial charge in [-0.2, -0.15) is 0 Å². The summed E-state index contributed by atoms with van der Waals surface area (Å²) in [5, 5.41) is 7.32. The van der Waals surface area contributed by atoms with E-state index in [0.717, 1.165) is 43.0 Å². The molecule has 0 aromatic heterocycles. The molecule has 1 atom stereocenters. The zero-order valence-corrected chi connectivity index (χ0v) is 16.3. The van der Waals surface area contributed by atoms with E-state index in [-0.39, 0.29) is 0 Å². The number of benzene rings is 1. The lowest BCUT2D eigenvalue weighted by atomic mass is 9.48. The van der Waals surface area contributed by atoms with Gasteiger partial charge in [-0.25, -0.2) is 0 Å². The fourth-order valence-electron chi connectivity index (χ4n) is 6.56. The number of anilines is 1. The van der Waals surface area contributed by atoms with Crippen molar-refractivity contribution in [2.75, 3.05) is 18.5 Å². The average molecular weight is 371 g/mol. The molecule has 5 aliphatic rings. The molecule has 1 heterocycles. The van der Waals surface area contributed by atoms with Crippen LogP contribution in [0.1, 0.15) is 56.9 Å². The fraction of sp³-hybridized carbons (Fsp3) is 0.682. The van der Waals surface area contributed by atoms with Crippen LogP contribution < -0.4 is 10.6 Å². The Hall–Kier alpha value is -1.13. The Labute approximate surface area is 162 Å². The molecular weight excluding hydrogens is 340 g/mol. The summed E-state index contributed by atoms with van der Waals surface area (Å²) >= 11 is 5.44. The third-order valence-electron chi connectivity index (χ3n) is 7.31. The highest BCUT2D eigenvalue weighted by Crippen LogP contribution is 2.60. The number of rotatable bonds is 4. The van der Waals surface area contributed by atoms with Crippen molar-refractivity contribution in [1.82, 2.24) is 5.32 Å². The van der Waals surface area contributed by atoms with Crippen molar-refractivity contribution in [3.8, 4) is 0 Å². The van der Waals surface area contributed by atoms with Crippen LogP contribution >= 0.6 is 12.2 Å². The van der Waals surface area contributed by atoms with E-state index in [4.69, 9.17) is 17.0 Å². The largest absolute Gasteiger partial charge is 0.376 e. The quantitative estimate of drug-likeness (QED) is 0.758. The topological polar surface area (TPSA) is 33.3 Å². The highest BCUT2D eigenvalue weighted by molar-refractivity contribution is 7.80. The SMILES string of the molecule is S=C(NC[C@@H]1CCCO1)Nc1ccc(C23CC4CC(CC(C4)C2)C3)cc1. The van der Waals surface area contributed by atoms with Crippen LogP contribution in [0.5, 0.6) is 0 Å². The van der Waals surface area contributed by atoms with Crippen LogP contribution in [-0.4, -0.2) is 24.4 Å². The van der Waals surface area contributed by atoms with E-state index in [9.17, 15) is 0 Å². The Bertz CT molecular complexity index is 630. The molecule has 140 valence electrons. The van der Waals surface area contributed by atoms with E-state index in [2.05, 4.69) is 34.9 Å². The van der Waals surface area contributed by atoms with Crippen molar-refractivity contribution in [2.45, 2.75) is 62.9 Å². The molecule has 2 N–H and O–H groups in total. The Morgan fingerprint density at radius 1 is 1.04 bits per heavy atom. The molecule has 4 aliphatic carbocycles. The van der Waals surface area contributed by atoms with Gasteiger partial charge in [0.1, 0.15) is 0 Å². The molecule has 0 amide bonds. The first-order chi connectivity index (χ1) is 12.7. The molecule has 0 radical (unpaired) electrons. The maximum atomic E-state index is 5.64. The Morgan fingerprint density at radius 2 is 1.69 bits per heavy atom. The minimum atomic E-state index is 0.313. The molecule has 1 aliphatic heterocycles.